The van der Waals surface area contributed by atoms with Gasteiger partial charge in [-0.2, -0.15) is 0 Å². The van der Waals surface area contributed by atoms with Crippen molar-refractivity contribution in [2.75, 3.05) is 6.54 Å². The molecular weight excluding hydrogens is 248 g/mol. The van der Waals surface area contributed by atoms with Crippen LogP contribution >= 0.6 is 0 Å². The zero-order valence-corrected chi connectivity index (χ0v) is 12.0. The van der Waals surface area contributed by atoms with E-state index in [2.05, 4.69) is 11.4 Å². The van der Waals surface area contributed by atoms with E-state index in [1.54, 1.807) is 0 Å². The molecule has 3 nitrogen and oxygen atoms in total. The lowest BCUT2D eigenvalue weighted by molar-refractivity contribution is -0.121. The van der Waals surface area contributed by atoms with Crippen LogP contribution < -0.4 is 11.1 Å². The van der Waals surface area contributed by atoms with Crippen LogP contribution in [0.1, 0.15) is 50.1 Å². The first-order valence-corrected chi connectivity index (χ1v) is 7.51. The molecule has 3 N–H and O–H groups in total. The second kappa shape index (κ2) is 7.85. The van der Waals surface area contributed by atoms with Gasteiger partial charge in [0.2, 0.25) is 5.91 Å². The van der Waals surface area contributed by atoms with E-state index >= 15 is 0 Å². The van der Waals surface area contributed by atoms with Gasteiger partial charge < -0.3 is 11.1 Å². The SMILES string of the molecule is NC(CC(=O)NCCC1=CCCCC1)c1ccccc1. The van der Waals surface area contributed by atoms with Crippen LogP contribution in [-0.2, 0) is 4.79 Å². The zero-order chi connectivity index (χ0) is 14.2. The highest BCUT2D eigenvalue weighted by atomic mass is 16.1. The van der Waals surface area contributed by atoms with Crippen LogP contribution in [0, 0.1) is 0 Å². The van der Waals surface area contributed by atoms with E-state index in [-0.39, 0.29) is 11.9 Å². The number of amides is 1. The Balaban J connectivity index is 1.69. The Hall–Kier alpha value is -1.61. The fraction of sp³-hybridized carbons (Fsp3) is 0.471. The molecule has 1 unspecified atom stereocenters. The molecule has 108 valence electrons. The molecule has 0 heterocycles. The molecule has 0 saturated carbocycles. The lowest BCUT2D eigenvalue weighted by Gasteiger charge is -2.14. The molecule has 0 saturated heterocycles. The maximum Gasteiger partial charge on any atom is 0.221 e. The average molecular weight is 272 g/mol. The summed E-state index contributed by atoms with van der Waals surface area (Å²) in [5.41, 5.74) is 8.54. The van der Waals surface area contributed by atoms with Crippen molar-refractivity contribution in [1.29, 1.82) is 0 Å². The van der Waals surface area contributed by atoms with Gasteiger partial charge in [0.1, 0.15) is 0 Å². The third-order valence-electron chi connectivity index (χ3n) is 3.79. The van der Waals surface area contributed by atoms with Crippen molar-refractivity contribution < 1.29 is 4.79 Å². The molecule has 2 rings (SSSR count). The Bertz CT molecular complexity index is 453. The maximum absolute atomic E-state index is 11.9. The smallest absolute Gasteiger partial charge is 0.221 e. The quantitative estimate of drug-likeness (QED) is 0.782. The van der Waals surface area contributed by atoms with E-state index in [9.17, 15) is 4.79 Å². The van der Waals surface area contributed by atoms with Gasteiger partial charge in [-0.3, -0.25) is 4.79 Å². The van der Waals surface area contributed by atoms with E-state index < -0.39 is 0 Å². The van der Waals surface area contributed by atoms with Crippen molar-refractivity contribution in [3.8, 4) is 0 Å². The molecule has 0 fully saturated rings. The van der Waals surface area contributed by atoms with Crippen molar-refractivity contribution in [2.24, 2.45) is 5.73 Å². The Morgan fingerprint density at radius 2 is 2.05 bits per heavy atom. The van der Waals surface area contributed by atoms with Crippen LogP contribution in [0.3, 0.4) is 0 Å². The first-order valence-electron chi connectivity index (χ1n) is 7.51. The molecule has 1 aromatic rings. The Morgan fingerprint density at radius 3 is 2.75 bits per heavy atom. The number of nitrogens with two attached hydrogens (primary N) is 1. The summed E-state index contributed by atoms with van der Waals surface area (Å²) < 4.78 is 0. The van der Waals surface area contributed by atoms with Crippen LogP contribution in [0.25, 0.3) is 0 Å². The van der Waals surface area contributed by atoms with Gasteiger partial charge in [-0.25, -0.2) is 0 Å². The summed E-state index contributed by atoms with van der Waals surface area (Å²) in [6, 6.07) is 9.56. The number of rotatable bonds is 6. The van der Waals surface area contributed by atoms with Crippen LogP contribution in [0.5, 0.6) is 0 Å². The molecule has 0 spiro atoms. The number of hydrogen-bond donors (Lipinski definition) is 2. The summed E-state index contributed by atoms with van der Waals surface area (Å²) in [7, 11) is 0. The van der Waals surface area contributed by atoms with Crippen molar-refractivity contribution >= 4 is 5.91 Å². The van der Waals surface area contributed by atoms with Crippen molar-refractivity contribution in [3.63, 3.8) is 0 Å². The molecule has 1 aromatic carbocycles. The molecule has 1 aliphatic carbocycles. The second-order valence-electron chi connectivity index (χ2n) is 5.43. The second-order valence-corrected chi connectivity index (χ2v) is 5.43. The topological polar surface area (TPSA) is 55.1 Å². The van der Waals surface area contributed by atoms with Gasteiger partial charge in [-0.15, -0.1) is 0 Å². The van der Waals surface area contributed by atoms with E-state index in [0.717, 1.165) is 18.5 Å². The highest BCUT2D eigenvalue weighted by Gasteiger charge is 2.11. The minimum atomic E-state index is -0.218. The predicted molar refractivity (Wildman–Crippen MR) is 82.2 cm³/mol. The van der Waals surface area contributed by atoms with E-state index in [1.807, 2.05) is 30.3 Å². The van der Waals surface area contributed by atoms with Gasteiger partial charge in [0, 0.05) is 19.0 Å². The summed E-state index contributed by atoms with van der Waals surface area (Å²) in [4.78, 5) is 11.9. The average Bonchev–Trinajstić information content (AvgIpc) is 2.49. The Morgan fingerprint density at radius 1 is 1.25 bits per heavy atom. The predicted octanol–water partition coefficient (Wildman–Crippen LogP) is 3.08. The first kappa shape index (κ1) is 14.8. The fourth-order valence-corrected chi connectivity index (χ4v) is 2.58. The van der Waals surface area contributed by atoms with Gasteiger partial charge >= 0.3 is 0 Å². The van der Waals surface area contributed by atoms with Crippen molar-refractivity contribution in [3.05, 3.63) is 47.5 Å². The number of carbonyl (C=O) groups is 1. The molecule has 1 aliphatic rings. The molecule has 3 heteroatoms. The van der Waals surface area contributed by atoms with Gasteiger partial charge in [0.05, 0.1) is 0 Å². The number of nitrogens with one attached hydrogen (secondary N) is 1. The molecule has 0 aliphatic heterocycles. The Labute approximate surface area is 121 Å². The molecule has 1 atom stereocenters. The summed E-state index contributed by atoms with van der Waals surface area (Å²) in [6.07, 6.45) is 8.64. The van der Waals surface area contributed by atoms with Crippen LogP contribution in [0.4, 0.5) is 0 Å². The molecule has 0 radical (unpaired) electrons. The van der Waals surface area contributed by atoms with Crippen LogP contribution in [0.15, 0.2) is 42.0 Å². The minimum absolute atomic E-state index is 0.0396. The molecule has 1 amide bonds. The summed E-state index contributed by atoms with van der Waals surface area (Å²) in [5, 5.41) is 2.97. The number of allylic oxidation sites excluding steroid dienone is 1. The van der Waals surface area contributed by atoms with Gasteiger partial charge in [-0.05, 0) is 37.7 Å². The lowest BCUT2D eigenvalue weighted by atomic mass is 9.97. The first-order chi connectivity index (χ1) is 9.75. The zero-order valence-electron chi connectivity index (χ0n) is 12.0. The number of hydrogen-bond acceptors (Lipinski definition) is 2. The summed E-state index contributed by atoms with van der Waals surface area (Å²) >= 11 is 0. The van der Waals surface area contributed by atoms with Crippen molar-refractivity contribution in [2.45, 2.75) is 44.6 Å². The molecule has 20 heavy (non-hydrogen) atoms. The molecular formula is C17H24N2O. The highest BCUT2D eigenvalue weighted by Crippen LogP contribution is 2.19. The third-order valence-corrected chi connectivity index (χ3v) is 3.79. The Kier molecular flexibility index (Phi) is 5.81. The van der Waals surface area contributed by atoms with Gasteiger partial charge in [-0.1, -0.05) is 42.0 Å². The molecule has 0 aromatic heterocycles. The van der Waals surface area contributed by atoms with E-state index in [4.69, 9.17) is 5.73 Å². The molecule has 0 bridgehead atoms. The number of benzene rings is 1. The maximum atomic E-state index is 11.9. The standard InChI is InChI=1S/C17H24N2O/c18-16(15-9-5-2-6-10-15)13-17(20)19-12-11-14-7-3-1-4-8-14/h2,5-7,9-10,16H,1,3-4,8,11-13,18H2,(H,19,20). The summed E-state index contributed by atoms with van der Waals surface area (Å²) in [5.74, 6) is 0.0396. The van der Waals surface area contributed by atoms with Gasteiger partial charge in [0.15, 0.2) is 0 Å². The van der Waals surface area contributed by atoms with Gasteiger partial charge in [0.25, 0.3) is 0 Å². The lowest BCUT2D eigenvalue weighted by Crippen LogP contribution is -2.28. The monoisotopic (exact) mass is 272 g/mol. The fourth-order valence-electron chi connectivity index (χ4n) is 2.58. The van der Waals surface area contributed by atoms with E-state index in [0.29, 0.717) is 6.42 Å². The minimum Gasteiger partial charge on any atom is -0.356 e. The summed E-state index contributed by atoms with van der Waals surface area (Å²) in [6.45, 7) is 0.728. The highest BCUT2D eigenvalue weighted by molar-refractivity contribution is 5.76. The third kappa shape index (κ3) is 4.82. The largest absolute Gasteiger partial charge is 0.356 e. The van der Waals surface area contributed by atoms with E-state index in [1.165, 1.54) is 31.3 Å². The van der Waals surface area contributed by atoms with Crippen LogP contribution in [-0.4, -0.2) is 12.5 Å². The van der Waals surface area contributed by atoms with Crippen LogP contribution in [0.2, 0.25) is 0 Å². The normalized spacial score (nSPS) is 16.4. The number of carbonyl (C=O) groups excluding carboxylic acids is 1. The van der Waals surface area contributed by atoms with Crippen molar-refractivity contribution in [1.82, 2.24) is 5.32 Å².